The molecule has 2 rings (SSSR count). The molecule has 0 aliphatic rings. The van der Waals surface area contributed by atoms with Gasteiger partial charge in [0.05, 0.1) is 11.8 Å². The molecular weight excluding hydrogens is 238 g/mol. The summed E-state index contributed by atoms with van der Waals surface area (Å²) in [6.45, 7) is 10.0. The van der Waals surface area contributed by atoms with Crippen LogP contribution >= 0.6 is 0 Å². The molecule has 0 atom stereocenters. The fourth-order valence-corrected chi connectivity index (χ4v) is 2.11. The van der Waals surface area contributed by atoms with Crippen molar-refractivity contribution in [2.75, 3.05) is 11.9 Å². The molecule has 19 heavy (non-hydrogen) atoms. The lowest BCUT2D eigenvalue weighted by Crippen LogP contribution is -2.07. The highest BCUT2D eigenvalue weighted by atomic mass is 15.3. The van der Waals surface area contributed by atoms with Gasteiger partial charge in [0.2, 0.25) is 0 Å². The SMILES string of the molecule is CCNc1nc(-c2cnn(CC)c2)nc(C)c1CC. The minimum absolute atomic E-state index is 0.741. The standard InChI is InChI=1S/C14H21N5/c1-5-12-10(4)17-13(18-14(12)15-6-2)11-8-16-19(7-3)9-11/h8-9H,5-7H2,1-4H3,(H,15,17,18). The molecule has 2 heterocycles. The van der Waals surface area contributed by atoms with Crippen molar-refractivity contribution in [1.29, 1.82) is 0 Å². The maximum atomic E-state index is 4.64. The first kappa shape index (κ1) is 13.5. The van der Waals surface area contributed by atoms with Crippen molar-refractivity contribution in [1.82, 2.24) is 19.7 Å². The third-order valence-corrected chi connectivity index (χ3v) is 3.13. The molecule has 1 N–H and O–H groups in total. The Morgan fingerprint density at radius 3 is 2.58 bits per heavy atom. The topological polar surface area (TPSA) is 55.6 Å². The van der Waals surface area contributed by atoms with E-state index in [4.69, 9.17) is 0 Å². The van der Waals surface area contributed by atoms with Crippen molar-refractivity contribution in [3.8, 4) is 11.4 Å². The van der Waals surface area contributed by atoms with Gasteiger partial charge in [-0.3, -0.25) is 4.68 Å². The number of aromatic nitrogens is 4. The highest BCUT2D eigenvalue weighted by Crippen LogP contribution is 2.22. The minimum atomic E-state index is 0.741. The van der Waals surface area contributed by atoms with Gasteiger partial charge in [0, 0.05) is 30.5 Å². The molecule has 102 valence electrons. The van der Waals surface area contributed by atoms with Crippen LogP contribution in [0.5, 0.6) is 0 Å². The van der Waals surface area contributed by atoms with Gasteiger partial charge in [0.15, 0.2) is 5.82 Å². The molecule has 0 saturated heterocycles. The molecule has 2 aromatic rings. The van der Waals surface area contributed by atoms with E-state index in [2.05, 4.69) is 41.2 Å². The lowest BCUT2D eigenvalue weighted by atomic mass is 10.1. The van der Waals surface area contributed by atoms with Gasteiger partial charge in [-0.15, -0.1) is 0 Å². The van der Waals surface area contributed by atoms with Gasteiger partial charge >= 0.3 is 0 Å². The normalized spacial score (nSPS) is 10.7. The summed E-state index contributed by atoms with van der Waals surface area (Å²) in [5.74, 6) is 1.68. The van der Waals surface area contributed by atoms with Crippen LogP contribution in [0.2, 0.25) is 0 Å². The fourth-order valence-electron chi connectivity index (χ4n) is 2.11. The summed E-state index contributed by atoms with van der Waals surface area (Å²) in [4.78, 5) is 9.24. The Bertz CT molecular complexity index is 559. The summed E-state index contributed by atoms with van der Waals surface area (Å²) in [5, 5.41) is 7.60. The van der Waals surface area contributed by atoms with Gasteiger partial charge in [0.25, 0.3) is 0 Å². The average Bonchev–Trinajstić information content (AvgIpc) is 2.87. The third-order valence-electron chi connectivity index (χ3n) is 3.13. The molecule has 0 aliphatic heterocycles. The van der Waals surface area contributed by atoms with Gasteiger partial charge in [-0.05, 0) is 27.2 Å². The molecule has 0 radical (unpaired) electrons. The number of aryl methyl sites for hydroxylation is 2. The Labute approximate surface area is 114 Å². The smallest absolute Gasteiger partial charge is 0.164 e. The number of nitrogens with zero attached hydrogens (tertiary/aromatic N) is 4. The van der Waals surface area contributed by atoms with Crippen LogP contribution in [0.1, 0.15) is 32.0 Å². The number of hydrogen-bond acceptors (Lipinski definition) is 4. The molecule has 5 nitrogen and oxygen atoms in total. The van der Waals surface area contributed by atoms with Crippen molar-refractivity contribution in [3.05, 3.63) is 23.7 Å². The zero-order valence-electron chi connectivity index (χ0n) is 12.1. The first-order chi connectivity index (χ1) is 9.19. The van der Waals surface area contributed by atoms with E-state index >= 15 is 0 Å². The maximum Gasteiger partial charge on any atom is 0.164 e. The van der Waals surface area contributed by atoms with Crippen LogP contribution < -0.4 is 5.32 Å². The van der Waals surface area contributed by atoms with Gasteiger partial charge in [0.1, 0.15) is 5.82 Å². The second kappa shape index (κ2) is 5.82. The lowest BCUT2D eigenvalue weighted by molar-refractivity contribution is 0.660. The van der Waals surface area contributed by atoms with Crippen LogP contribution in [0.25, 0.3) is 11.4 Å². The molecule has 0 aliphatic carbocycles. The van der Waals surface area contributed by atoms with E-state index < -0.39 is 0 Å². The number of hydrogen-bond donors (Lipinski definition) is 1. The summed E-state index contributed by atoms with van der Waals surface area (Å²) in [6, 6.07) is 0. The lowest BCUT2D eigenvalue weighted by Gasteiger charge is -2.12. The summed E-state index contributed by atoms with van der Waals surface area (Å²) >= 11 is 0. The summed E-state index contributed by atoms with van der Waals surface area (Å²) in [5.41, 5.74) is 3.19. The molecule has 0 amide bonds. The molecule has 0 aromatic carbocycles. The molecular formula is C14H21N5. The highest BCUT2D eigenvalue weighted by Gasteiger charge is 2.12. The van der Waals surface area contributed by atoms with E-state index in [1.165, 1.54) is 5.56 Å². The predicted octanol–water partition coefficient (Wildman–Crippen LogP) is 2.66. The average molecular weight is 259 g/mol. The van der Waals surface area contributed by atoms with Gasteiger partial charge in [-0.1, -0.05) is 6.92 Å². The number of rotatable bonds is 5. The number of nitrogens with one attached hydrogen (secondary N) is 1. The highest BCUT2D eigenvalue weighted by molar-refractivity contribution is 5.58. The molecule has 0 bridgehead atoms. The zero-order valence-corrected chi connectivity index (χ0v) is 12.1. The van der Waals surface area contributed by atoms with Crippen LogP contribution in [-0.2, 0) is 13.0 Å². The molecule has 5 heteroatoms. The molecule has 0 spiro atoms. The van der Waals surface area contributed by atoms with Crippen molar-refractivity contribution >= 4 is 5.82 Å². The monoisotopic (exact) mass is 259 g/mol. The summed E-state index contributed by atoms with van der Waals surface area (Å²) < 4.78 is 1.88. The van der Waals surface area contributed by atoms with E-state index in [-0.39, 0.29) is 0 Å². The molecule has 0 fully saturated rings. The molecule has 2 aromatic heterocycles. The van der Waals surface area contributed by atoms with E-state index in [0.717, 1.165) is 42.4 Å². The van der Waals surface area contributed by atoms with Crippen LogP contribution in [0, 0.1) is 6.92 Å². The Kier molecular flexibility index (Phi) is 4.14. The minimum Gasteiger partial charge on any atom is -0.370 e. The Morgan fingerprint density at radius 1 is 1.21 bits per heavy atom. The summed E-state index contributed by atoms with van der Waals surface area (Å²) in [7, 11) is 0. The zero-order chi connectivity index (χ0) is 13.8. The fraction of sp³-hybridized carbons (Fsp3) is 0.500. The van der Waals surface area contributed by atoms with E-state index in [9.17, 15) is 0 Å². The largest absolute Gasteiger partial charge is 0.370 e. The molecule has 0 saturated carbocycles. The second-order valence-electron chi connectivity index (χ2n) is 4.43. The Balaban J connectivity index is 2.46. The van der Waals surface area contributed by atoms with Crippen molar-refractivity contribution in [2.45, 2.75) is 40.7 Å². The van der Waals surface area contributed by atoms with Crippen LogP contribution in [0.3, 0.4) is 0 Å². The van der Waals surface area contributed by atoms with Crippen molar-refractivity contribution in [2.24, 2.45) is 0 Å². The van der Waals surface area contributed by atoms with Gasteiger partial charge < -0.3 is 5.32 Å². The summed E-state index contributed by atoms with van der Waals surface area (Å²) in [6.07, 6.45) is 4.73. The first-order valence-corrected chi connectivity index (χ1v) is 6.83. The first-order valence-electron chi connectivity index (χ1n) is 6.83. The predicted molar refractivity (Wildman–Crippen MR) is 77.2 cm³/mol. The van der Waals surface area contributed by atoms with E-state index in [1.807, 2.05) is 24.0 Å². The van der Waals surface area contributed by atoms with E-state index in [0.29, 0.717) is 0 Å². The quantitative estimate of drug-likeness (QED) is 0.897. The van der Waals surface area contributed by atoms with Gasteiger partial charge in [-0.2, -0.15) is 5.10 Å². The van der Waals surface area contributed by atoms with Gasteiger partial charge in [-0.25, -0.2) is 9.97 Å². The van der Waals surface area contributed by atoms with E-state index in [1.54, 1.807) is 0 Å². The van der Waals surface area contributed by atoms with Crippen LogP contribution in [0.4, 0.5) is 5.82 Å². The maximum absolute atomic E-state index is 4.64. The third kappa shape index (κ3) is 2.75. The number of anilines is 1. The van der Waals surface area contributed by atoms with Crippen molar-refractivity contribution < 1.29 is 0 Å². The van der Waals surface area contributed by atoms with Crippen molar-refractivity contribution in [3.63, 3.8) is 0 Å². The second-order valence-corrected chi connectivity index (χ2v) is 4.43. The van der Waals surface area contributed by atoms with Crippen LogP contribution in [0.15, 0.2) is 12.4 Å². The molecule has 0 unspecified atom stereocenters. The Morgan fingerprint density at radius 2 is 2.00 bits per heavy atom. The Hall–Kier alpha value is -1.91. The van der Waals surface area contributed by atoms with Crippen LogP contribution in [-0.4, -0.2) is 26.3 Å².